The van der Waals surface area contributed by atoms with Gasteiger partial charge >= 0.3 is 17.9 Å². The number of ether oxygens (including phenoxy) is 3. The summed E-state index contributed by atoms with van der Waals surface area (Å²) in [6.45, 7) is 6.45. The molecule has 0 aromatic heterocycles. The molecule has 0 radical (unpaired) electrons. The fourth-order valence-corrected chi connectivity index (χ4v) is 8.71. The van der Waals surface area contributed by atoms with E-state index in [-0.39, 0.29) is 37.5 Å². The van der Waals surface area contributed by atoms with Crippen molar-refractivity contribution in [2.75, 3.05) is 13.2 Å². The molecule has 1 unspecified atom stereocenters. The molecule has 0 aromatic rings. The third-order valence-corrected chi connectivity index (χ3v) is 13.2. The van der Waals surface area contributed by atoms with Gasteiger partial charge in [-0.2, -0.15) is 0 Å². The van der Waals surface area contributed by atoms with Crippen LogP contribution in [0, 0.1) is 0 Å². The fourth-order valence-electron chi connectivity index (χ4n) is 8.71. The van der Waals surface area contributed by atoms with Crippen molar-refractivity contribution in [2.24, 2.45) is 0 Å². The Labute approximate surface area is 440 Å². The summed E-state index contributed by atoms with van der Waals surface area (Å²) in [4.78, 5) is 37.9. The van der Waals surface area contributed by atoms with E-state index < -0.39 is 6.10 Å². The highest BCUT2D eigenvalue weighted by Gasteiger charge is 2.19. The number of carbonyl (C=O) groups is 3. The van der Waals surface area contributed by atoms with Gasteiger partial charge in [0.2, 0.25) is 0 Å². The number of hydrogen-bond acceptors (Lipinski definition) is 6. The lowest BCUT2D eigenvalue weighted by Gasteiger charge is -2.18. The Hall–Kier alpha value is -3.15. The average Bonchev–Trinajstić information content (AvgIpc) is 3.37. The second-order valence-electron chi connectivity index (χ2n) is 20.2. The van der Waals surface area contributed by atoms with Gasteiger partial charge in [0.25, 0.3) is 0 Å². The maximum absolute atomic E-state index is 12.8. The molecule has 71 heavy (non-hydrogen) atoms. The van der Waals surface area contributed by atoms with Crippen LogP contribution in [-0.4, -0.2) is 37.2 Å². The average molecular weight is 992 g/mol. The maximum atomic E-state index is 12.8. The minimum atomic E-state index is -0.812. The van der Waals surface area contributed by atoms with Gasteiger partial charge in [-0.15, -0.1) is 0 Å². The molecule has 0 heterocycles. The number of rotatable bonds is 55. The molecule has 0 rings (SSSR count). The SMILES string of the molecule is CC/C=C\C/C=C\C/C=C\C/C=C\C/C=C\C/C=C\CCC(=O)OC(COC(=O)CCCCCCCCC)COC(=O)CCCCCCCCCCCCCCCCCCCCCCCCCCCCC. The first-order valence-corrected chi connectivity index (χ1v) is 30.4. The van der Waals surface area contributed by atoms with E-state index in [1.165, 1.54) is 180 Å². The number of esters is 3. The molecule has 6 heteroatoms. The highest BCUT2D eigenvalue weighted by molar-refractivity contribution is 5.71. The molecule has 410 valence electrons. The summed E-state index contributed by atoms with van der Waals surface area (Å²) in [5.41, 5.74) is 0. The van der Waals surface area contributed by atoms with E-state index in [9.17, 15) is 14.4 Å². The van der Waals surface area contributed by atoms with Crippen LogP contribution in [0.1, 0.15) is 303 Å². The standard InChI is InChI=1S/C65H114O6/c1-4-7-10-13-16-18-20-22-24-26-28-29-30-31-32-33-34-35-37-38-40-42-44-46-49-52-55-58-64(67)70-61-62(60-69-63(66)57-54-51-48-15-12-9-6-3)71-65(68)59-56-53-50-47-45-43-41-39-36-27-25-23-21-19-17-14-11-8-5-2/h8,11,17,19,23,25,36,39,43,45,50,53,62H,4-7,9-10,12-16,18,20-22,24,26-35,37-38,40-42,44,46-49,51-52,54-61H2,1-3H3/b11-8-,19-17-,25-23-,39-36-,45-43-,53-50-. The first-order valence-electron chi connectivity index (χ1n) is 30.4. The zero-order valence-corrected chi connectivity index (χ0v) is 47.0. The second-order valence-corrected chi connectivity index (χ2v) is 20.2. The van der Waals surface area contributed by atoms with Crippen molar-refractivity contribution in [3.05, 3.63) is 72.9 Å². The van der Waals surface area contributed by atoms with Crippen molar-refractivity contribution < 1.29 is 28.6 Å². The van der Waals surface area contributed by atoms with Crippen LogP contribution in [0.5, 0.6) is 0 Å². The molecule has 0 aliphatic carbocycles. The summed E-state index contributed by atoms with van der Waals surface area (Å²) >= 11 is 0. The van der Waals surface area contributed by atoms with Crippen LogP contribution in [0.3, 0.4) is 0 Å². The molecule has 0 spiro atoms. The van der Waals surface area contributed by atoms with E-state index in [2.05, 4.69) is 87.6 Å². The molecule has 0 amide bonds. The summed E-state index contributed by atoms with van der Waals surface area (Å²) in [6, 6.07) is 0. The molecule has 0 aliphatic heterocycles. The number of allylic oxidation sites excluding steroid dienone is 12. The van der Waals surface area contributed by atoms with Crippen molar-refractivity contribution in [3.63, 3.8) is 0 Å². The van der Waals surface area contributed by atoms with Crippen molar-refractivity contribution in [3.8, 4) is 0 Å². The minimum absolute atomic E-state index is 0.102. The van der Waals surface area contributed by atoms with Crippen LogP contribution in [0.4, 0.5) is 0 Å². The van der Waals surface area contributed by atoms with Crippen molar-refractivity contribution >= 4 is 17.9 Å². The van der Waals surface area contributed by atoms with Gasteiger partial charge in [0, 0.05) is 19.3 Å². The summed E-state index contributed by atoms with van der Waals surface area (Å²) in [6.07, 6.45) is 76.7. The zero-order chi connectivity index (χ0) is 51.4. The zero-order valence-electron chi connectivity index (χ0n) is 47.0. The molecule has 0 aromatic carbocycles. The first kappa shape index (κ1) is 67.8. The molecular formula is C65H114O6. The molecule has 0 bridgehead atoms. The molecule has 0 aliphatic rings. The summed E-state index contributed by atoms with van der Waals surface area (Å²) in [7, 11) is 0. The quantitative estimate of drug-likeness (QED) is 0.0261. The molecule has 6 nitrogen and oxygen atoms in total. The van der Waals surface area contributed by atoms with Gasteiger partial charge in [0.15, 0.2) is 6.10 Å². The van der Waals surface area contributed by atoms with E-state index in [4.69, 9.17) is 14.2 Å². The van der Waals surface area contributed by atoms with Gasteiger partial charge in [-0.1, -0.05) is 299 Å². The van der Waals surface area contributed by atoms with Crippen LogP contribution >= 0.6 is 0 Å². The van der Waals surface area contributed by atoms with E-state index in [1.54, 1.807) is 0 Å². The highest BCUT2D eigenvalue weighted by atomic mass is 16.6. The van der Waals surface area contributed by atoms with E-state index in [1.807, 2.05) is 6.08 Å². The summed E-state index contributed by atoms with van der Waals surface area (Å²) < 4.78 is 16.7. The highest BCUT2D eigenvalue weighted by Crippen LogP contribution is 2.17. The number of hydrogen-bond donors (Lipinski definition) is 0. The van der Waals surface area contributed by atoms with Crippen LogP contribution < -0.4 is 0 Å². The monoisotopic (exact) mass is 991 g/mol. The summed E-state index contributed by atoms with van der Waals surface area (Å²) in [5, 5.41) is 0. The normalized spacial score (nSPS) is 12.5. The lowest BCUT2D eigenvalue weighted by Crippen LogP contribution is -2.30. The van der Waals surface area contributed by atoms with Crippen LogP contribution in [0.25, 0.3) is 0 Å². The molecule has 0 N–H and O–H groups in total. The first-order chi connectivity index (χ1) is 35.0. The van der Waals surface area contributed by atoms with Crippen LogP contribution in [-0.2, 0) is 28.6 Å². The van der Waals surface area contributed by atoms with Crippen molar-refractivity contribution in [2.45, 2.75) is 309 Å². The fraction of sp³-hybridized carbons (Fsp3) is 0.769. The van der Waals surface area contributed by atoms with Crippen LogP contribution in [0.15, 0.2) is 72.9 Å². The summed E-state index contributed by atoms with van der Waals surface area (Å²) in [5.74, 6) is -0.984. The topological polar surface area (TPSA) is 78.9 Å². The van der Waals surface area contributed by atoms with E-state index in [0.717, 1.165) is 77.0 Å². The lowest BCUT2D eigenvalue weighted by atomic mass is 10.0. The Morgan fingerprint density at radius 3 is 0.831 bits per heavy atom. The Kier molecular flexibility index (Phi) is 56.8. The predicted octanol–water partition coefficient (Wildman–Crippen LogP) is 20.5. The van der Waals surface area contributed by atoms with E-state index in [0.29, 0.717) is 19.3 Å². The maximum Gasteiger partial charge on any atom is 0.306 e. The van der Waals surface area contributed by atoms with Crippen molar-refractivity contribution in [1.82, 2.24) is 0 Å². The molecule has 0 saturated carbocycles. The van der Waals surface area contributed by atoms with Gasteiger partial charge in [-0.3, -0.25) is 14.4 Å². The Morgan fingerprint density at radius 1 is 0.296 bits per heavy atom. The third-order valence-electron chi connectivity index (χ3n) is 13.2. The smallest absolute Gasteiger partial charge is 0.306 e. The molecule has 1 atom stereocenters. The van der Waals surface area contributed by atoms with Gasteiger partial charge in [0.1, 0.15) is 13.2 Å². The molecule has 0 fully saturated rings. The van der Waals surface area contributed by atoms with Crippen LogP contribution in [0.2, 0.25) is 0 Å². The Balaban J connectivity index is 4.17. The number of unbranched alkanes of at least 4 members (excludes halogenated alkanes) is 32. The lowest BCUT2D eigenvalue weighted by molar-refractivity contribution is -0.166. The minimum Gasteiger partial charge on any atom is -0.462 e. The van der Waals surface area contributed by atoms with E-state index >= 15 is 0 Å². The van der Waals surface area contributed by atoms with Gasteiger partial charge in [-0.25, -0.2) is 0 Å². The molecule has 0 saturated heterocycles. The van der Waals surface area contributed by atoms with Gasteiger partial charge < -0.3 is 14.2 Å². The van der Waals surface area contributed by atoms with Gasteiger partial charge in [-0.05, 0) is 57.8 Å². The van der Waals surface area contributed by atoms with Gasteiger partial charge in [0.05, 0.1) is 0 Å². The third kappa shape index (κ3) is 57.6. The Bertz CT molecular complexity index is 1320. The Morgan fingerprint density at radius 2 is 0.549 bits per heavy atom. The predicted molar refractivity (Wildman–Crippen MR) is 307 cm³/mol. The largest absolute Gasteiger partial charge is 0.462 e. The second kappa shape index (κ2) is 59.4. The van der Waals surface area contributed by atoms with Crippen molar-refractivity contribution in [1.29, 1.82) is 0 Å². The molecular weight excluding hydrogens is 877 g/mol. The number of carbonyl (C=O) groups excluding carboxylic acids is 3.